The van der Waals surface area contributed by atoms with Gasteiger partial charge in [-0.2, -0.15) is 0 Å². The fraction of sp³-hybridized carbons (Fsp3) is 0.417. The zero-order valence-corrected chi connectivity index (χ0v) is 17.9. The molecule has 158 valence electrons. The first-order valence-corrected chi connectivity index (χ1v) is 11.0. The van der Waals surface area contributed by atoms with Crippen molar-refractivity contribution in [2.24, 2.45) is 0 Å². The molecule has 1 aliphatic heterocycles. The Balaban J connectivity index is 1.56. The SMILES string of the molecule is CCN(CC)C(=O)[C@@H](c1ccccc1)N1CCCN(c2nc3ccccc3[nH]2)CC1. The van der Waals surface area contributed by atoms with Gasteiger partial charge in [0, 0.05) is 39.3 Å². The second-order valence-electron chi connectivity index (χ2n) is 7.78. The van der Waals surface area contributed by atoms with E-state index in [1.807, 2.05) is 41.3 Å². The number of nitrogens with zero attached hydrogens (tertiary/aromatic N) is 4. The lowest BCUT2D eigenvalue weighted by Crippen LogP contribution is -2.44. The smallest absolute Gasteiger partial charge is 0.244 e. The highest BCUT2D eigenvalue weighted by atomic mass is 16.2. The summed E-state index contributed by atoms with van der Waals surface area (Å²) in [5, 5.41) is 0. The van der Waals surface area contributed by atoms with Crippen molar-refractivity contribution < 1.29 is 4.79 Å². The minimum absolute atomic E-state index is 0.198. The van der Waals surface area contributed by atoms with Crippen molar-refractivity contribution in [3.8, 4) is 0 Å². The molecular weight excluding hydrogens is 374 g/mol. The van der Waals surface area contributed by atoms with Gasteiger partial charge in [-0.15, -0.1) is 0 Å². The molecule has 3 aromatic rings. The summed E-state index contributed by atoms with van der Waals surface area (Å²) >= 11 is 0. The van der Waals surface area contributed by atoms with Gasteiger partial charge in [0.05, 0.1) is 11.0 Å². The van der Waals surface area contributed by atoms with Gasteiger partial charge in [-0.1, -0.05) is 42.5 Å². The highest BCUT2D eigenvalue weighted by Crippen LogP contribution is 2.26. The maximum atomic E-state index is 13.4. The van der Waals surface area contributed by atoms with Crippen molar-refractivity contribution in [1.29, 1.82) is 0 Å². The number of H-pyrrole nitrogens is 1. The normalized spacial score (nSPS) is 16.4. The van der Waals surface area contributed by atoms with Crippen molar-refractivity contribution in [2.45, 2.75) is 26.3 Å². The maximum Gasteiger partial charge on any atom is 0.244 e. The van der Waals surface area contributed by atoms with Crippen molar-refractivity contribution >= 4 is 22.9 Å². The number of imidazole rings is 1. The Labute approximate surface area is 178 Å². The number of carbonyl (C=O) groups is 1. The largest absolute Gasteiger partial charge is 0.342 e. The molecule has 0 spiro atoms. The summed E-state index contributed by atoms with van der Waals surface area (Å²) in [6.45, 7) is 9.05. The zero-order valence-electron chi connectivity index (χ0n) is 17.9. The lowest BCUT2D eigenvalue weighted by molar-refractivity contribution is -0.137. The number of carbonyl (C=O) groups excluding carboxylic acids is 1. The van der Waals surface area contributed by atoms with E-state index in [0.29, 0.717) is 0 Å². The highest BCUT2D eigenvalue weighted by Gasteiger charge is 2.31. The third-order valence-corrected chi connectivity index (χ3v) is 6.00. The predicted molar refractivity (Wildman–Crippen MR) is 122 cm³/mol. The fourth-order valence-corrected chi connectivity index (χ4v) is 4.35. The summed E-state index contributed by atoms with van der Waals surface area (Å²) in [5.41, 5.74) is 3.13. The minimum atomic E-state index is -0.235. The number of hydrogen-bond donors (Lipinski definition) is 1. The number of rotatable bonds is 6. The number of benzene rings is 2. The van der Waals surface area contributed by atoms with Gasteiger partial charge < -0.3 is 14.8 Å². The number of aromatic nitrogens is 2. The van der Waals surface area contributed by atoms with Crippen LogP contribution in [0.2, 0.25) is 0 Å². The topological polar surface area (TPSA) is 55.5 Å². The van der Waals surface area contributed by atoms with Crippen molar-refractivity contribution in [3.63, 3.8) is 0 Å². The summed E-state index contributed by atoms with van der Waals surface area (Å²) in [4.78, 5) is 28.3. The molecule has 2 heterocycles. The number of aromatic amines is 1. The molecule has 1 N–H and O–H groups in total. The monoisotopic (exact) mass is 405 g/mol. The van der Waals surface area contributed by atoms with Crippen LogP contribution in [0.1, 0.15) is 31.9 Å². The average molecular weight is 406 g/mol. The third kappa shape index (κ3) is 4.19. The van der Waals surface area contributed by atoms with Crippen LogP contribution in [0.5, 0.6) is 0 Å². The Morgan fingerprint density at radius 3 is 2.47 bits per heavy atom. The molecule has 1 aromatic heterocycles. The van der Waals surface area contributed by atoms with Crippen LogP contribution in [-0.2, 0) is 4.79 Å². The maximum absolute atomic E-state index is 13.4. The Morgan fingerprint density at radius 2 is 1.73 bits per heavy atom. The molecule has 6 heteroatoms. The number of fused-ring (bicyclic) bond motifs is 1. The predicted octanol–water partition coefficient (Wildman–Crippen LogP) is 3.68. The van der Waals surface area contributed by atoms with Gasteiger partial charge in [-0.3, -0.25) is 9.69 Å². The second-order valence-corrected chi connectivity index (χ2v) is 7.78. The first kappa shape index (κ1) is 20.4. The van der Waals surface area contributed by atoms with Crippen LogP contribution in [0.15, 0.2) is 54.6 Å². The first-order valence-electron chi connectivity index (χ1n) is 11.0. The fourth-order valence-electron chi connectivity index (χ4n) is 4.35. The second kappa shape index (κ2) is 9.30. The molecule has 1 aliphatic rings. The van der Waals surface area contributed by atoms with Gasteiger partial charge in [-0.05, 0) is 38.0 Å². The van der Waals surface area contributed by atoms with Gasteiger partial charge in [-0.25, -0.2) is 4.98 Å². The Kier molecular flexibility index (Phi) is 6.33. The van der Waals surface area contributed by atoms with Gasteiger partial charge in [0.2, 0.25) is 11.9 Å². The summed E-state index contributed by atoms with van der Waals surface area (Å²) in [5.74, 6) is 1.12. The first-order chi connectivity index (χ1) is 14.7. The number of likely N-dealkylation sites (N-methyl/N-ethyl adjacent to an activating group) is 1. The van der Waals surface area contributed by atoms with E-state index in [9.17, 15) is 4.79 Å². The molecule has 1 amide bonds. The van der Waals surface area contributed by atoms with Gasteiger partial charge in [0.25, 0.3) is 0 Å². The summed E-state index contributed by atoms with van der Waals surface area (Å²) < 4.78 is 0. The average Bonchev–Trinajstić information content (AvgIpc) is 3.07. The third-order valence-electron chi connectivity index (χ3n) is 6.00. The van der Waals surface area contributed by atoms with E-state index in [1.165, 1.54) is 0 Å². The Morgan fingerprint density at radius 1 is 1.00 bits per heavy atom. The van der Waals surface area contributed by atoms with Crippen LogP contribution in [0.4, 0.5) is 5.95 Å². The molecule has 0 saturated carbocycles. The van der Waals surface area contributed by atoms with E-state index < -0.39 is 0 Å². The van der Waals surface area contributed by atoms with Crippen LogP contribution in [-0.4, -0.2) is 64.9 Å². The number of amides is 1. The lowest BCUT2D eigenvalue weighted by atomic mass is 10.0. The van der Waals surface area contributed by atoms with E-state index in [1.54, 1.807) is 0 Å². The molecule has 0 bridgehead atoms. The summed E-state index contributed by atoms with van der Waals surface area (Å²) in [6, 6.07) is 18.1. The van der Waals surface area contributed by atoms with E-state index in [-0.39, 0.29) is 11.9 Å². The number of hydrogen-bond acceptors (Lipinski definition) is 4. The van der Waals surface area contributed by atoms with Crippen LogP contribution in [0, 0.1) is 0 Å². The Hall–Kier alpha value is -2.86. The molecule has 2 aromatic carbocycles. The quantitative estimate of drug-likeness (QED) is 0.680. The molecule has 30 heavy (non-hydrogen) atoms. The van der Waals surface area contributed by atoms with E-state index >= 15 is 0 Å². The van der Waals surface area contributed by atoms with Crippen molar-refractivity contribution in [3.05, 3.63) is 60.2 Å². The number of anilines is 1. The van der Waals surface area contributed by atoms with Crippen molar-refractivity contribution in [1.82, 2.24) is 19.8 Å². The molecule has 4 rings (SSSR count). The van der Waals surface area contributed by atoms with Crippen LogP contribution in [0.25, 0.3) is 11.0 Å². The lowest BCUT2D eigenvalue weighted by Gasteiger charge is -2.33. The number of para-hydroxylation sites is 2. The molecule has 1 fully saturated rings. The van der Waals surface area contributed by atoms with Gasteiger partial charge >= 0.3 is 0 Å². The molecule has 0 aliphatic carbocycles. The number of nitrogens with one attached hydrogen (secondary N) is 1. The summed E-state index contributed by atoms with van der Waals surface area (Å²) in [6.07, 6.45) is 0.992. The van der Waals surface area contributed by atoms with E-state index in [2.05, 4.69) is 46.8 Å². The molecule has 1 saturated heterocycles. The summed E-state index contributed by atoms with van der Waals surface area (Å²) in [7, 11) is 0. The molecular formula is C24H31N5O. The molecule has 1 atom stereocenters. The van der Waals surface area contributed by atoms with Crippen LogP contribution < -0.4 is 4.90 Å². The van der Waals surface area contributed by atoms with E-state index in [0.717, 1.165) is 68.2 Å². The van der Waals surface area contributed by atoms with E-state index in [4.69, 9.17) is 4.98 Å². The zero-order chi connectivity index (χ0) is 20.9. The van der Waals surface area contributed by atoms with Crippen LogP contribution in [0.3, 0.4) is 0 Å². The van der Waals surface area contributed by atoms with Gasteiger partial charge in [0.15, 0.2) is 0 Å². The Bertz CT molecular complexity index is 933. The van der Waals surface area contributed by atoms with Crippen molar-refractivity contribution in [2.75, 3.05) is 44.2 Å². The molecule has 0 unspecified atom stereocenters. The molecule has 6 nitrogen and oxygen atoms in total. The standard InChI is InChI=1S/C24H31N5O/c1-3-27(4-2)23(30)22(19-11-6-5-7-12-19)28-15-10-16-29(18-17-28)24-25-20-13-8-9-14-21(20)26-24/h5-9,11-14,22H,3-4,10,15-18H2,1-2H3,(H,25,26)/t22-/m1/s1. The van der Waals surface area contributed by atoms with Gasteiger partial charge in [0.1, 0.15) is 6.04 Å². The molecule has 0 radical (unpaired) electrons. The van der Waals surface area contributed by atoms with Crippen LogP contribution >= 0.6 is 0 Å². The highest BCUT2D eigenvalue weighted by molar-refractivity contribution is 5.83. The minimum Gasteiger partial charge on any atom is -0.342 e.